The molecule has 0 radical (unpaired) electrons. The van der Waals surface area contributed by atoms with Crippen molar-refractivity contribution in [3.05, 3.63) is 65.7 Å². The van der Waals surface area contributed by atoms with E-state index in [4.69, 9.17) is 14.2 Å². The van der Waals surface area contributed by atoms with Crippen LogP contribution in [0, 0.1) is 0 Å². The maximum Gasteiger partial charge on any atom is 0.157 e. The Morgan fingerprint density at radius 2 is 1.78 bits per heavy atom. The van der Waals surface area contributed by atoms with E-state index in [0.29, 0.717) is 13.2 Å². The van der Waals surface area contributed by atoms with Gasteiger partial charge in [0, 0.05) is 6.61 Å². The smallest absolute Gasteiger partial charge is 0.157 e. The number of para-hydroxylation sites is 1. The van der Waals surface area contributed by atoms with Gasteiger partial charge in [0.15, 0.2) is 6.29 Å². The van der Waals surface area contributed by atoms with Gasteiger partial charge >= 0.3 is 0 Å². The molecule has 1 aliphatic rings. The third kappa shape index (κ3) is 5.08. The van der Waals surface area contributed by atoms with Crippen molar-refractivity contribution >= 4 is 0 Å². The Kier molecular flexibility index (Phi) is 6.07. The van der Waals surface area contributed by atoms with E-state index in [1.54, 1.807) is 0 Å². The molecule has 0 spiro atoms. The van der Waals surface area contributed by atoms with Crippen LogP contribution in [0.4, 0.5) is 0 Å². The first-order valence-electron chi connectivity index (χ1n) is 8.39. The minimum Gasteiger partial charge on any atom is -0.489 e. The van der Waals surface area contributed by atoms with Crippen molar-refractivity contribution in [3.8, 4) is 5.75 Å². The van der Waals surface area contributed by atoms with Crippen molar-refractivity contribution in [2.45, 2.75) is 38.6 Å². The second kappa shape index (κ2) is 8.70. The first kappa shape index (κ1) is 16.0. The van der Waals surface area contributed by atoms with E-state index in [9.17, 15) is 0 Å². The fourth-order valence-corrected chi connectivity index (χ4v) is 2.73. The molecule has 23 heavy (non-hydrogen) atoms. The average molecular weight is 312 g/mol. The Labute approximate surface area is 138 Å². The number of rotatable bonds is 7. The first-order chi connectivity index (χ1) is 11.4. The van der Waals surface area contributed by atoms with E-state index in [1.165, 1.54) is 17.5 Å². The summed E-state index contributed by atoms with van der Waals surface area (Å²) < 4.78 is 17.4. The van der Waals surface area contributed by atoms with Gasteiger partial charge in [-0.2, -0.15) is 0 Å². The van der Waals surface area contributed by atoms with Crippen LogP contribution in [0.1, 0.15) is 30.4 Å². The molecule has 1 aliphatic heterocycles. The quantitative estimate of drug-likeness (QED) is 0.760. The molecule has 2 aromatic carbocycles. The highest BCUT2D eigenvalue weighted by Gasteiger charge is 2.14. The van der Waals surface area contributed by atoms with Gasteiger partial charge in [-0.25, -0.2) is 0 Å². The fourth-order valence-electron chi connectivity index (χ4n) is 2.73. The van der Waals surface area contributed by atoms with E-state index in [2.05, 4.69) is 18.2 Å². The lowest BCUT2D eigenvalue weighted by Gasteiger charge is -2.22. The lowest BCUT2D eigenvalue weighted by atomic mass is 10.1. The SMILES string of the molecule is c1ccc(COc2ccccc2CCOC2CCCCO2)cc1. The van der Waals surface area contributed by atoms with E-state index in [0.717, 1.165) is 31.6 Å². The van der Waals surface area contributed by atoms with Crippen molar-refractivity contribution in [2.24, 2.45) is 0 Å². The highest BCUT2D eigenvalue weighted by Crippen LogP contribution is 2.21. The predicted molar refractivity (Wildman–Crippen MR) is 90.5 cm³/mol. The Morgan fingerprint density at radius 3 is 2.61 bits per heavy atom. The summed E-state index contributed by atoms with van der Waals surface area (Å²) in [6.07, 6.45) is 4.16. The van der Waals surface area contributed by atoms with E-state index >= 15 is 0 Å². The summed E-state index contributed by atoms with van der Waals surface area (Å²) in [4.78, 5) is 0. The lowest BCUT2D eigenvalue weighted by Crippen LogP contribution is -2.23. The molecule has 0 aromatic heterocycles. The molecule has 0 amide bonds. The van der Waals surface area contributed by atoms with Gasteiger partial charge in [0.2, 0.25) is 0 Å². The average Bonchev–Trinajstić information content (AvgIpc) is 2.63. The predicted octanol–water partition coefficient (Wildman–Crippen LogP) is 4.35. The third-order valence-electron chi connectivity index (χ3n) is 4.02. The second-order valence-electron chi connectivity index (χ2n) is 5.80. The normalized spacial score (nSPS) is 17.8. The molecule has 0 saturated carbocycles. The summed E-state index contributed by atoms with van der Waals surface area (Å²) in [5, 5.41) is 0. The Balaban J connectivity index is 1.50. The highest BCUT2D eigenvalue weighted by atomic mass is 16.7. The van der Waals surface area contributed by atoms with Crippen molar-refractivity contribution in [1.82, 2.24) is 0 Å². The molecule has 0 N–H and O–H groups in total. The van der Waals surface area contributed by atoms with Crippen LogP contribution in [0.15, 0.2) is 54.6 Å². The van der Waals surface area contributed by atoms with Gasteiger partial charge < -0.3 is 14.2 Å². The number of hydrogen-bond acceptors (Lipinski definition) is 3. The monoisotopic (exact) mass is 312 g/mol. The molecule has 3 rings (SSSR count). The van der Waals surface area contributed by atoms with Crippen molar-refractivity contribution in [3.63, 3.8) is 0 Å². The van der Waals surface area contributed by atoms with Crippen LogP contribution in [-0.4, -0.2) is 19.5 Å². The van der Waals surface area contributed by atoms with Crippen molar-refractivity contribution in [1.29, 1.82) is 0 Å². The second-order valence-corrected chi connectivity index (χ2v) is 5.80. The molecule has 3 heteroatoms. The molecule has 0 aliphatic carbocycles. The van der Waals surface area contributed by atoms with E-state index in [1.807, 2.05) is 36.4 Å². The van der Waals surface area contributed by atoms with Gasteiger partial charge in [0.1, 0.15) is 12.4 Å². The molecular weight excluding hydrogens is 288 g/mol. The largest absolute Gasteiger partial charge is 0.489 e. The molecule has 3 nitrogen and oxygen atoms in total. The summed E-state index contributed by atoms with van der Waals surface area (Å²) in [5.41, 5.74) is 2.35. The molecule has 0 bridgehead atoms. The standard InChI is InChI=1S/C20H24O3/c1-2-8-17(9-3-1)16-23-19-11-5-4-10-18(19)13-15-22-20-12-6-7-14-21-20/h1-5,8-11,20H,6-7,12-16H2. The van der Waals surface area contributed by atoms with Crippen LogP contribution < -0.4 is 4.74 Å². The Bertz CT molecular complexity index is 576. The molecule has 1 atom stereocenters. The van der Waals surface area contributed by atoms with Crippen LogP contribution in [0.25, 0.3) is 0 Å². The van der Waals surface area contributed by atoms with Gasteiger partial charge in [-0.05, 0) is 42.9 Å². The molecule has 122 valence electrons. The maximum absolute atomic E-state index is 5.98. The molecule has 1 fully saturated rings. The van der Waals surface area contributed by atoms with Crippen molar-refractivity contribution in [2.75, 3.05) is 13.2 Å². The zero-order chi connectivity index (χ0) is 15.7. The molecule has 1 unspecified atom stereocenters. The summed E-state index contributed by atoms with van der Waals surface area (Å²) in [6, 6.07) is 18.4. The summed E-state index contributed by atoms with van der Waals surface area (Å²) >= 11 is 0. The zero-order valence-electron chi connectivity index (χ0n) is 13.4. The van der Waals surface area contributed by atoms with Crippen LogP contribution >= 0.6 is 0 Å². The number of benzene rings is 2. The van der Waals surface area contributed by atoms with Gasteiger partial charge in [-0.1, -0.05) is 48.5 Å². The fraction of sp³-hybridized carbons (Fsp3) is 0.400. The Hall–Kier alpha value is -1.84. The first-order valence-corrected chi connectivity index (χ1v) is 8.39. The number of hydrogen-bond donors (Lipinski definition) is 0. The van der Waals surface area contributed by atoms with Gasteiger partial charge in [0.05, 0.1) is 6.61 Å². The van der Waals surface area contributed by atoms with Crippen LogP contribution in [-0.2, 0) is 22.5 Å². The van der Waals surface area contributed by atoms with Crippen LogP contribution in [0.5, 0.6) is 5.75 Å². The minimum absolute atomic E-state index is 0.0267. The van der Waals surface area contributed by atoms with Gasteiger partial charge in [0.25, 0.3) is 0 Å². The molecule has 1 saturated heterocycles. The van der Waals surface area contributed by atoms with Crippen LogP contribution in [0.3, 0.4) is 0 Å². The molecule has 2 aromatic rings. The summed E-state index contributed by atoms with van der Waals surface area (Å²) in [5.74, 6) is 0.935. The Morgan fingerprint density at radius 1 is 0.957 bits per heavy atom. The number of ether oxygens (including phenoxy) is 3. The molecular formula is C20H24O3. The van der Waals surface area contributed by atoms with E-state index in [-0.39, 0.29) is 6.29 Å². The summed E-state index contributed by atoms with van der Waals surface area (Å²) in [6.45, 7) is 2.07. The summed E-state index contributed by atoms with van der Waals surface area (Å²) in [7, 11) is 0. The van der Waals surface area contributed by atoms with Gasteiger partial charge in [-0.3, -0.25) is 0 Å². The van der Waals surface area contributed by atoms with E-state index < -0.39 is 0 Å². The minimum atomic E-state index is -0.0267. The topological polar surface area (TPSA) is 27.7 Å². The maximum atomic E-state index is 5.98. The van der Waals surface area contributed by atoms with Gasteiger partial charge in [-0.15, -0.1) is 0 Å². The van der Waals surface area contributed by atoms with Crippen LogP contribution in [0.2, 0.25) is 0 Å². The van der Waals surface area contributed by atoms with Crippen molar-refractivity contribution < 1.29 is 14.2 Å². The third-order valence-corrected chi connectivity index (χ3v) is 4.02. The zero-order valence-corrected chi connectivity index (χ0v) is 13.4. The molecule has 1 heterocycles. The highest BCUT2D eigenvalue weighted by molar-refractivity contribution is 5.33. The lowest BCUT2D eigenvalue weighted by molar-refractivity contribution is -0.161.